The van der Waals surface area contributed by atoms with Crippen LogP contribution in [0.2, 0.25) is 0 Å². The molecule has 17 aromatic rings. The molecule has 0 saturated carbocycles. The first kappa shape index (κ1) is 58.7. The Hall–Kier alpha value is -13.2. The van der Waals surface area contributed by atoms with Crippen LogP contribution in [0.5, 0.6) is 23.0 Å². The number of fused-ring (bicyclic) bond motifs is 19. The Bertz CT molecular complexity index is 6190. The molecule has 21 rings (SSSR count). The Morgan fingerprint density at radius 2 is 0.631 bits per heavy atom. The number of hydrogen-bond donors (Lipinski definition) is 0. The van der Waals surface area contributed by atoms with Crippen molar-refractivity contribution >= 4 is 22.1 Å². The highest BCUT2D eigenvalue weighted by molar-refractivity contribution is 7.18. The minimum atomic E-state index is -0.748. The maximum absolute atomic E-state index is 7.19. The minimum Gasteiger partial charge on any atom is -0.457 e. The maximum atomic E-state index is 7.19. The summed E-state index contributed by atoms with van der Waals surface area (Å²) in [7, 11) is 0. The Morgan fingerprint density at radius 3 is 1.24 bits per heavy atom. The van der Waals surface area contributed by atoms with Gasteiger partial charge in [-0.3, -0.25) is 0 Å². The van der Waals surface area contributed by atoms with Gasteiger partial charge in [0.05, 0.1) is 38.5 Å². The van der Waals surface area contributed by atoms with Gasteiger partial charge in [0.1, 0.15) is 23.0 Å². The zero-order valence-corrected chi connectivity index (χ0v) is 56.3. The first-order valence-electron chi connectivity index (χ1n) is 35.0. The molecule has 0 atom stereocenters. The van der Waals surface area contributed by atoms with Crippen LogP contribution in [-0.2, 0) is 10.8 Å². The van der Waals surface area contributed by atoms with E-state index in [9.17, 15) is 0 Å². The fraction of sp³-hybridized carbons (Fsp3) is 0.0208. The van der Waals surface area contributed by atoms with Gasteiger partial charge in [-0.05, 0) is 162 Å². The van der Waals surface area contributed by atoms with Gasteiger partial charge in [0.2, 0.25) is 0 Å². The Balaban J connectivity index is 0.703. The molecule has 6 nitrogen and oxygen atoms in total. The molecule has 2 spiro atoms. The summed E-state index contributed by atoms with van der Waals surface area (Å²) >= 11 is 1.74. The van der Waals surface area contributed by atoms with Crippen molar-refractivity contribution in [2.75, 3.05) is 0 Å². The molecular formula is C96H58N4O2S. The van der Waals surface area contributed by atoms with Crippen LogP contribution in [0.15, 0.2) is 352 Å². The van der Waals surface area contributed by atoms with Gasteiger partial charge in [0.25, 0.3) is 0 Å². The fourth-order valence-electron chi connectivity index (χ4n) is 17.0. The van der Waals surface area contributed by atoms with Gasteiger partial charge in [-0.2, -0.15) is 0 Å². The SMILES string of the molecule is c1ccc(-c2cc(-c3ccc(-c4ccc5c(c4)C4(c6cc(-c7cccc(-c8nc(-c9ccccc9)cc(-c9c(-c%10ccc%11c(c%10)C%10(c%12ccccc%12O%11)c%11ccccc%11-c%11ccccc%11%10)ccc%10ccccc9%10)n8)c7)ccc6O5)c5ccccc5-c5ccccc54)s3)nc(-c3ccccc3)n2)cc1. The van der Waals surface area contributed by atoms with Gasteiger partial charge in [-0.1, -0.05) is 273 Å². The second-order valence-electron chi connectivity index (χ2n) is 27.0. The lowest BCUT2D eigenvalue weighted by molar-refractivity contribution is 0.436. The lowest BCUT2D eigenvalue weighted by atomic mass is 9.65. The molecule has 5 heterocycles. The predicted octanol–water partition coefficient (Wildman–Crippen LogP) is 24.4. The van der Waals surface area contributed by atoms with Crippen LogP contribution in [0.3, 0.4) is 0 Å². The van der Waals surface area contributed by atoms with E-state index in [0.29, 0.717) is 11.6 Å². The summed E-state index contributed by atoms with van der Waals surface area (Å²) in [6, 6.07) is 126. The molecule has 7 heteroatoms. The molecule has 103 heavy (non-hydrogen) atoms. The minimum absolute atomic E-state index is 0.619. The molecule has 0 fully saturated rings. The highest BCUT2D eigenvalue weighted by atomic mass is 32.1. The summed E-state index contributed by atoms with van der Waals surface area (Å²) in [6.45, 7) is 0. The number of thiophene rings is 1. The van der Waals surface area contributed by atoms with Crippen molar-refractivity contribution in [3.63, 3.8) is 0 Å². The molecule has 2 aliphatic heterocycles. The van der Waals surface area contributed by atoms with Crippen molar-refractivity contribution in [2.45, 2.75) is 10.8 Å². The third kappa shape index (κ3) is 9.06. The van der Waals surface area contributed by atoms with E-state index in [-0.39, 0.29) is 0 Å². The normalized spacial score (nSPS) is 13.4. The highest BCUT2D eigenvalue weighted by Crippen LogP contribution is 2.65. The monoisotopic (exact) mass is 1330 g/mol. The fourth-order valence-corrected chi connectivity index (χ4v) is 18.0. The van der Waals surface area contributed by atoms with Crippen molar-refractivity contribution in [3.05, 3.63) is 396 Å². The number of para-hydroxylation sites is 1. The lowest BCUT2D eigenvalue weighted by Crippen LogP contribution is -2.32. The summed E-state index contributed by atoms with van der Waals surface area (Å²) in [5.74, 6) is 4.65. The molecule has 0 saturated heterocycles. The molecule has 0 bridgehead atoms. The summed E-state index contributed by atoms with van der Waals surface area (Å²) in [5.41, 5.74) is 26.4. The van der Waals surface area contributed by atoms with E-state index in [1.54, 1.807) is 11.3 Å². The number of nitrogens with zero attached hydrogens (tertiary/aromatic N) is 4. The number of benzene rings is 14. The maximum Gasteiger partial charge on any atom is 0.160 e. The van der Waals surface area contributed by atoms with Crippen molar-refractivity contribution in [2.24, 2.45) is 0 Å². The Labute approximate surface area is 599 Å². The van der Waals surface area contributed by atoms with Gasteiger partial charge in [0.15, 0.2) is 11.6 Å². The molecule has 0 amide bonds. The summed E-state index contributed by atoms with van der Waals surface area (Å²) in [6.07, 6.45) is 0. The second kappa shape index (κ2) is 23.2. The zero-order valence-electron chi connectivity index (χ0n) is 55.5. The van der Waals surface area contributed by atoms with Crippen LogP contribution in [0.4, 0.5) is 0 Å². The number of hydrogen-bond acceptors (Lipinski definition) is 7. The molecule has 0 N–H and O–H groups in total. The van der Waals surface area contributed by atoms with Crippen molar-refractivity contribution < 1.29 is 9.47 Å². The van der Waals surface area contributed by atoms with Gasteiger partial charge in [0, 0.05) is 54.9 Å². The molecule has 480 valence electrons. The van der Waals surface area contributed by atoms with Crippen LogP contribution < -0.4 is 9.47 Å². The van der Waals surface area contributed by atoms with Gasteiger partial charge in [-0.15, -0.1) is 11.3 Å². The Morgan fingerprint density at radius 1 is 0.223 bits per heavy atom. The summed E-state index contributed by atoms with van der Waals surface area (Å²) in [4.78, 5) is 23.8. The van der Waals surface area contributed by atoms with Crippen LogP contribution in [-0.4, -0.2) is 19.9 Å². The topological polar surface area (TPSA) is 70.0 Å². The van der Waals surface area contributed by atoms with Crippen LogP contribution >= 0.6 is 11.3 Å². The molecule has 14 aromatic carbocycles. The molecule has 0 unspecified atom stereocenters. The molecule has 4 aliphatic rings. The van der Waals surface area contributed by atoms with Crippen molar-refractivity contribution in [1.29, 1.82) is 0 Å². The highest BCUT2D eigenvalue weighted by Gasteiger charge is 2.53. The van der Waals surface area contributed by atoms with E-state index in [0.717, 1.165) is 144 Å². The van der Waals surface area contributed by atoms with Crippen LogP contribution in [0.1, 0.15) is 44.5 Å². The predicted molar refractivity (Wildman–Crippen MR) is 417 cm³/mol. The Kier molecular flexibility index (Phi) is 13.2. The van der Waals surface area contributed by atoms with E-state index in [1.165, 1.54) is 44.5 Å². The smallest absolute Gasteiger partial charge is 0.160 e. The van der Waals surface area contributed by atoms with E-state index < -0.39 is 10.8 Å². The van der Waals surface area contributed by atoms with Crippen molar-refractivity contribution in [3.8, 4) is 145 Å². The number of aromatic nitrogens is 4. The third-order valence-electron chi connectivity index (χ3n) is 21.5. The van der Waals surface area contributed by atoms with E-state index in [1.807, 2.05) is 24.3 Å². The zero-order chi connectivity index (χ0) is 67.7. The molecule has 3 aromatic heterocycles. The van der Waals surface area contributed by atoms with Gasteiger partial charge < -0.3 is 9.47 Å². The second-order valence-corrected chi connectivity index (χ2v) is 28.1. The quantitative estimate of drug-likeness (QED) is 0.143. The first-order valence-corrected chi connectivity index (χ1v) is 35.8. The van der Waals surface area contributed by atoms with E-state index >= 15 is 0 Å². The summed E-state index contributed by atoms with van der Waals surface area (Å²) < 4.78 is 14.2. The molecular weight excluding hydrogens is 1270 g/mol. The number of ether oxygens (including phenoxy) is 2. The standard InChI is InChI=1S/C96H58N4O2S/c1-4-24-60(25-5-1)82-57-84(99-93(97-82)62-28-8-3-9-29-62)91-52-51-90(103-91)66-46-50-89-81(56-66)96(76-39-18-14-35-72(76)73-36-15-19-40-77(73)96)79-54-64(44-48-87(79)102-89)63-30-22-31-67(53-63)94-98-83(61-26-6-2-7-27-61)58-85(100-94)92-68-32-11-10-23-59(68)43-47-69(92)65-45-49-88-80(55-65)95(78-41-20-21-42-86(78)101-88)74-37-16-12-33-70(74)71-34-13-17-38-75(71)95/h1-58H. The van der Waals surface area contributed by atoms with Gasteiger partial charge >= 0.3 is 0 Å². The van der Waals surface area contributed by atoms with E-state index in [4.69, 9.17) is 29.4 Å². The van der Waals surface area contributed by atoms with Crippen LogP contribution in [0, 0.1) is 0 Å². The first-order chi connectivity index (χ1) is 51.0. The average Bonchev–Trinajstić information content (AvgIpc) is 1.55. The average molecular weight is 1330 g/mol. The van der Waals surface area contributed by atoms with E-state index in [2.05, 4.69) is 328 Å². The van der Waals surface area contributed by atoms with Crippen LogP contribution in [0.25, 0.3) is 133 Å². The lowest BCUT2D eigenvalue weighted by Gasteiger charge is -2.40. The number of rotatable bonds is 9. The van der Waals surface area contributed by atoms with Crippen molar-refractivity contribution in [1.82, 2.24) is 19.9 Å². The molecule has 0 radical (unpaired) electrons. The largest absolute Gasteiger partial charge is 0.457 e. The third-order valence-corrected chi connectivity index (χ3v) is 22.7. The summed E-state index contributed by atoms with van der Waals surface area (Å²) in [5, 5.41) is 2.21. The molecule has 2 aliphatic carbocycles. The van der Waals surface area contributed by atoms with Gasteiger partial charge in [-0.25, -0.2) is 19.9 Å².